The largest absolute Gasteiger partial charge is 0.389 e. The summed E-state index contributed by atoms with van der Waals surface area (Å²) in [6.07, 6.45) is -2.34. The van der Waals surface area contributed by atoms with Gasteiger partial charge in [0.1, 0.15) is 18.0 Å². The molecule has 5 heteroatoms. The number of benzene rings is 1. The minimum absolute atomic E-state index is 0.101. The SMILES string of the molecule is N#Cc1c(F)cccc1C(O)C(O)CBr. The normalized spacial score (nSPS) is 14.3. The maximum Gasteiger partial charge on any atom is 0.141 e. The van der Waals surface area contributed by atoms with Gasteiger partial charge in [0.15, 0.2) is 0 Å². The lowest BCUT2D eigenvalue weighted by Gasteiger charge is -2.16. The maximum atomic E-state index is 13.2. The summed E-state index contributed by atoms with van der Waals surface area (Å²) in [6, 6.07) is 5.60. The highest BCUT2D eigenvalue weighted by Gasteiger charge is 2.21. The molecular formula is C10H9BrFNO2. The molecule has 0 fully saturated rings. The van der Waals surface area contributed by atoms with Gasteiger partial charge in [-0.15, -0.1) is 0 Å². The van der Waals surface area contributed by atoms with Gasteiger partial charge in [0.25, 0.3) is 0 Å². The minimum Gasteiger partial charge on any atom is -0.389 e. The molecule has 2 unspecified atom stereocenters. The molecule has 1 aromatic carbocycles. The summed E-state index contributed by atoms with van der Waals surface area (Å²) in [7, 11) is 0. The topological polar surface area (TPSA) is 64.2 Å². The predicted molar refractivity (Wildman–Crippen MR) is 55.9 cm³/mol. The van der Waals surface area contributed by atoms with Gasteiger partial charge in [-0.25, -0.2) is 4.39 Å². The van der Waals surface area contributed by atoms with Crippen molar-refractivity contribution in [3.63, 3.8) is 0 Å². The molecule has 3 nitrogen and oxygen atoms in total. The van der Waals surface area contributed by atoms with Crippen LogP contribution in [0.15, 0.2) is 18.2 Å². The molecule has 0 aliphatic carbocycles. The molecule has 0 aliphatic rings. The van der Waals surface area contributed by atoms with Crippen molar-refractivity contribution in [1.29, 1.82) is 5.26 Å². The van der Waals surface area contributed by atoms with Crippen LogP contribution >= 0.6 is 15.9 Å². The van der Waals surface area contributed by atoms with Gasteiger partial charge in [-0.1, -0.05) is 28.1 Å². The molecule has 0 bridgehead atoms. The molecule has 0 aromatic heterocycles. The average molecular weight is 274 g/mol. The maximum absolute atomic E-state index is 13.2. The first kappa shape index (κ1) is 12.1. The number of hydrogen-bond acceptors (Lipinski definition) is 3. The number of aliphatic hydroxyl groups excluding tert-OH is 2. The monoisotopic (exact) mass is 273 g/mol. The minimum atomic E-state index is -1.27. The van der Waals surface area contributed by atoms with Gasteiger partial charge in [-0.3, -0.25) is 0 Å². The number of alkyl halides is 1. The highest BCUT2D eigenvalue weighted by molar-refractivity contribution is 9.09. The van der Waals surface area contributed by atoms with E-state index in [9.17, 15) is 14.6 Å². The Morgan fingerprint density at radius 2 is 2.13 bits per heavy atom. The van der Waals surface area contributed by atoms with Gasteiger partial charge in [0.05, 0.1) is 11.7 Å². The van der Waals surface area contributed by atoms with Gasteiger partial charge >= 0.3 is 0 Å². The summed E-state index contributed by atoms with van der Waals surface area (Å²) in [4.78, 5) is 0. The molecule has 0 aliphatic heterocycles. The third-order valence-corrected chi connectivity index (χ3v) is 2.66. The number of aliphatic hydroxyl groups is 2. The average Bonchev–Trinajstić information content (AvgIpc) is 2.26. The fourth-order valence-electron chi connectivity index (χ4n) is 1.20. The smallest absolute Gasteiger partial charge is 0.141 e. The molecule has 15 heavy (non-hydrogen) atoms. The second kappa shape index (κ2) is 5.21. The zero-order valence-electron chi connectivity index (χ0n) is 7.69. The molecule has 0 spiro atoms. The highest BCUT2D eigenvalue weighted by atomic mass is 79.9. The van der Waals surface area contributed by atoms with E-state index >= 15 is 0 Å². The van der Waals surface area contributed by atoms with Crippen LogP contribution in [0.5, 0.6) is 0 Å². The van der Waals surface area contributed by atoms with Crippen LogP contribution in [0.4, 0.5) is 4.39 Å². The summed E-state index contributed by atoms with van der Waals surface area (Å²) < 4.78 is 13.2. The fraction of sp³-hybridized carbons (Fsp3) is 0.300. The Balaban J connectivity index is 3.15. The first-order chi connectivity index (χ1) is 7.11. The first-order valence-electron chi connectivity index (χ1n) is 4.22. The molecular weight excluding hydrogens is 265 g/mol. The van der Waals surface area contributed by atoms with Crippen LogP contribution in [-0.2, 0) is 0 Å². The number of nitriles is 1. The molecule has 2 N–H and O–H groups in total. The molecule has 1 aromatic rings. The summed E-state index contributed by atoms with van der Waals surface area (Å²) in [6.45, 7) is 0. The lowest BCUT2D eigenvalue weighted by molar-refractivity contribution is 0.0339. The van der Waals surface area contributed by atoms with Crippen LogP contribution in [0.2, 0.25) is 0 Å². The van der Waals surface area contributed by atoms with Crippen molar-refractivity contribution in [1.82, 2.24) is 0 Å². The molecule has 1 rings (SSSR count). The predicted octanol–water partition coefficient (Wildman–Crippen LogP) is 1.49. The van der Waals surface area contributed by atoms with Crippen molar-refractivity contribution in [3.8, 4) is 6.07 Å². The second-order valence-corrected chi connectivity index (χ2v) is 3.63. The Morgan fingerprint density at radius 3 is 2.67 bits per heavy atom. The van der Waals surface area contributed by atoms with E-state index in [0.29, 0.717) is 0 Å². The lowest BCUT2D eigenvalue weighted by Crippen LogP contribution is -2.20. The molecule has 0 radical (unpaired) electrons. The van der Waals surface area contributed by atoms with E-state index in [1.165, 1.54) is 12.1 Å². The van der Waals surface area contributed by atoms with E-state index in [4.69, 9.17) is 5.26 Å². The summed E-state index contributed by atoms with van der Waals surface area (Å²) in [5.74, 6) is -0.698. The Morgan fingerprint density at radius 1 is 1.47 bits per heavy atom. The third kappa shape index (κ3) is 2.53. The van der Waals surface area contributed by atoms with Gasteiger partial charge in [0, 0.05) is 10.9 Å². The van der Waals surface area contributed by atoms with Crippen LogP contribution in [-0.4, -0.2) is 21.6 Å². The van der Waals surface area contributed by atoms with Crippen LogP contribution in [0.3, 0.4) is 0 Å². The van der Waals surface area contributed by atoms with E-state index < -0.39 is 18.0 Å². The van der Waals surface area contributed by atoms with Crippen molar-refractivity contribution >= 4 is 15.9 Å². The highest BCUT2D eigenvalue weighted by Crippen LogP contribution is 2.23. The Bertz CT molecular complexity index is 391. The quantitative estimate of drug-likeness (QED) is 0.821. The summed E-state index contributed by atoms with van der Waals surface area (Å²) in [5.41, 5.74) is -0.130. The van der Waals surface area contributed by atoms with E-state index in [0.717, 1.165) is 6.07 Å². The number of hydrogen-bond donors (Lipinski definition) is 2. The van der Waals surface area contributed by atoms with Crippen LogP contribution in [0.1, 0.15) is 17.2 Å². The van der Waals surface area contributed by atoms with Crippen molar-refractivity contribution in [2.75, 3.05) is 5.33 Å². The van der Waals surface area contributed by atoms with E-state index in [1.807, 2.05) is 0 Å². The van der Waals surface area contributed by atoms with Gasteiger partial charge in [0.2, 0.25) is 0 Å². The van der Waals surface area contributed by atoms with Crippen molar-refractivity contribution in [3.05, 3.63) is 35.1 Å². The Labute approximate surface area is 94.9 Å². The van der Waals surface area contributed by atoms with E-state index in [2.05, 4.69) is 15.9 Å². The van der Waals surface area contributed by atoms with Crippen molar-refractivity contribution in [2.24, 2.45) is 0 Å². The summed E-state index contributed by atoms with van der Waals surface area (Å²) in [5, 5.41) is 27.8. The number of halogens is 2. The molecule has 80 valence electrons. The van der Waals surface area contributed by atoms with E-state index in [1.54, 1.807) is 6.07 Å². The molecule has 0 heterocycles. The summed E-state index contributed by atoms with van der Waals surface area (Å²) >= 11 is 2.99. The molecule has 2 atom stereocenters. The van der Waals surface area contributed by atoms with Crippen molar-refractivity contribution < 1.29 is 14.6 Å². The lowest BCUT2D eigenvalue weighted by atomic mass is 9.99. The standard InChI is InChI=1S/C10H9BrFNO2/c11-4-9(14)10(15)6-2-1-3-8(12)7(6)5-13/h1-3,9-10,14-15H,4H2. The van der Waals surface area contributed by atoms with Crippen LogP contribution < -0.4 is 0 Å². The zero-order valence-corrected chi connectivity index (χ0v) is 9.28. The Kier molecular flexibility index (Phi) is 4.21. The fourth-order valence-corrected chi connectivity index (χ4v) is 1.55. The van der Waals surface area contributed by atoms with E-state index in [-0.39, 0.29) is 16.5 Å². The van der Waals surface area contributed by atoms with Gasteiger partial charge < -0.3 is 10.2 Å². The van der Waals surface area contributed by atoms with Gasteiger partial charge in [-0.2, -0.15) is 5.26 Å². The van der Waals surface area contributed by atoms with Crippen LogP contribution in [0, 0.1) is 17.1 Å². The van der Waals surface area contributed by atoms with Crippen LogP contribution in [0.25, 0.3) is 0 Å². The first-order valence-corrected chi connectivity index (χ1v) is 5.34. The number of rotatable bonds is 3. The molecule has 0 saturated carbocycles. The second-order valence-electron chi connectivity index (χ2n) is 2.98. The third-order valence-electron chi connectivity index (χ3n) is 2.00. The molecule has 0 saturated heterocycles. The Hall–Kier alpha value is -0.960. The molecule has 0 amide bonds. The van der Waals surface area contributed by atoms with Crippen molar-refractivity contribution in [2.45, 2.75) is 12.2 Å². The van der Waals surface area contributed by atoms with Gasteiger partial charge in [-0.05, 0) is 6.07 Å². The zero-order chi connectivity index (χ0) is 11.4. The number of nitrogens with zero attached hydrogens (tertiary/aromatic N) is 1.